The molecule has 116 valence electrons. The lowest BCUT2D eigenvalue weighted by Crippen LogP contribution is -2.42. The van der Waals surface area contributed by atoms with Crippen LogP contribution in [0.1, 0.15) is 29.3 Å². The number of rotatable bonds is 7. The van der Waals surface area contributed by atoms with Gasteiger partial charge in [0.1, 0.15) is 15.9 Å². The zero-order valence-electron chi connectivity index (χ0n) is 12.0. The summed E-state index contributed by atoms with van der Waals surface area (Å²) in [5.74, 6) is -2.09. The van der Waals surface area contributed by atoms with Crippen LogP contribution < -0.4 is 5.32 Å². The number of hydrogen-bond acceptors (Lipinski definition) is 4. The molecule has 6 nitrogen and oxygen atoms in total. The van der Waals surface area contributed by atoms with Crippen molar-refractivity contribution >= 4 is 21.7 Å². The maximum Gasteiger partial charge on any atom is 0.326 e. The number of carboxylic acid groups (broad SMARTS) is 1. The molecule has 1 aromatic carbocycles. The molecule has 0 aliphatic heterocycles. The Morgan fingerprint density at radius 1 is 1.29 bits per heavy atom. The minimum atomic E-state index is -3.27. The van der Waals surface area contributed by atoms with Crippen molar-refractivity contribution in [3.63, 3.8) is 0 Å². The number of carbonyl (C=O) groups excluding carboxylic acids is 1. The molecule has 0 radical (unpaired) electrons. The molecule has 0 saturated carbocycles. The Morgan fingerprint density at radius 2 is 1.90 bits per heavy atom. The molecule has 0 aliphatic carbocycles. The van der Waals surface area contributed by atoms with Gasteiger partial charge in [-0.1, -0.05) is 25.1 Å². The molecule has 1 atom stereocenters. The van der Waals surface area contributed by atoms with E-state index in [2.05, 4.69) is 5.32 Å². The summed E-state index contributed by atoms with van der Waals surface area (Å²) in [6, 6.07) is 5.56. The monoisotopic (exact) mass is 313 g/mol. The van der Waals surface area contributed by atoms with Gasteiger partial charge in [-0.25, -0.2) is 13.2 Å². The maximum absolute atomic E-state index is 12.1. The largest absolute Gasteiger partial charge is 0.480 e. The standard InChI is InChI=1S/C14H19NO5S/c1-3-21(19,20)9-8-12(14(17)18)15-13(16)11-7-5-4-6-10(11)2/h4-7,12H,3,8-9H2,1-2H3,(H,15,16)(H,17,18). The maximum atomic E-state index is 12.1. The second-order valence-corrected chi connectivity index (χ2v) is 7.18. The Labute approximate surface area is 124 Å². The van der Waals surface area contributed by atoms with E-state index in [1.807, 2.05) is 0 Å². The van der Waals surface area contributed by atoms with Crippen LogP contribution in [0.15, 0.2) is 24.3 Å². The summed E-state index contributed by atoms with van der Waals surface area (Å²) >= 11 is 0. The van der Waals surface area contributed by atoms with E-state index in [0.29, 0.717) is 5.56 Å². The molecule has 0 saturated heterocycles. The zero-order chi connectivity index (χ0) is 16.0. The highest BCUT2D eigenvalue weighted by Crippen LogP contribution is 2.08. The number of carboxylic acids is 1. The van der Waals surface area contributed by atoms with E-state index >= 15 is 0 Å². The molecule has 0 aliphatic rings. The van der Waals surface area contributed by atoms with Crippen LogP contribution in [0.25, 0.3) is 0 Å². The zero-order valence-corrected chi connectivity index (χ0v) is 12.8. The first kappa shape index (κ1) is 17.2. The number of benzene rings is 1. The van der Waals surface area contributed by atoms with Gasteiger partial charge >= 0.3 is 5.97 Å². The summed E-state index contributed by atoms with van der Waals surface area (Å²) in [7, 11) is -3.27. The number of carbonyl (C=O) groups is 2. The highest BCUT2D eigenvalue weighted by atomic mass is 32.2. The summed E-state index contributed by atoms with van der Waals surface area (Å²) in [6.07, 6.45) is -0.150. The van der Waals surface area contributed by atoms with Crippen molar-refractivity contribution in [2.45, 2.75) is 26.3 Å². The third-order valence-corrected chi connectivity index (χ3v) is 4.89. The fraction of sp³-hybridized carbons (Fsp3) is 0.429. The van der Waals surface area contributed by atoms with Crippen molar-refractivity contribution in [2.24, 2.45) is 0 Å². The van der Waals surface area contributed by atoms with E-state index in [-0.39, 0.29) is 17.9 Å². The van der Waals surface area contributed by atoms with Gasteiger partial charge in [-0.2, -0.15) is 0 Å². The molecule has 21 heavy (non-hydrogen) atoms. The summed E-state index contributed by atoms with van der Waals surface area (Å²) in [4.78, 5) is 23.2. The second-order valence-electron chi connectivity index (χ2n) is 4.70. The van der Waals surface area contributed by atoms with Gasteiger partial charge in [0.05, 0.1) is 5.75 Å². The molecule has 1 rings (SSSR count). The normalized spacial score (nSPS) is 12.7. The Bertz CT molecular complexity index is 624. The van der Waals surface area contributed by atoms with Gasteiger partial charge in [0, 0.05) is 11.3 Å². The van der Waals surface area contributed by atoms with Crippen LogP contribution in [0.4, 0.5) is 0 Å². The van der Waals surface area contributed by atoms with Crippen molar-refractivity contribution in [3.05, 3.63) is 35.4 Å². The number of hydrogen-bond donors (Lipinski definition) is 2. The van der Waals surface area contributed by atoms with E-state index in [1.165, 1.54) is 6.92 Å². The van der Waals surface area contributed by atoms with Crippen LogP contribution in [0.2, 0.25) is 0 Å². The molecule has 1 amide bonds. The van der Waals surface area contributed by atoms with Crippen LogP contribution in [-0.2, 0) is 14.6 Å². The number of sulfone groups is 1. The molecule has 0 bridgehead atoms. The van der Waals surface area contributed by atoms with Gasteiger partial charge in [0.2, 0.25) is 0 Å². The lowest BCUT2D eigenvalue weighted by molar-refractivity contribution is -0.139. The summed E-state index contributed by atoms with van der Waals surface area (Å²) < 4.78 is 22.9. The smallest absolute Gasteiger partial charge is 0.326 e. The van der Waals surface area contributed by atoms with Crippen LogP contribution in [0.3, 0.4) is 0 Å². The quantitative estimate of drug-likeness (QED) is 0.782. The number of aliphatic carboxylic acids is 1. The Balaban J connectivity index is 2.78. The van der Waals surface area contributed by atoms with Crippen LogP contribution in [-0.4, -0.2) is 42.9 Å². The van der Waals surface area contributed by atoms with Gasteiger partial charge in [-0.3, -0.25) is 4.79 Å². The number of nitrogens with one attached hydrogen (secondary N) is 1. The summed E-state index contributed by atoms with van der Waals surface area (Å²) in [6.45, 7) is 3.24. The Kier molecular flexibility index (Phi) is 5.90. The molecule has 1 aromatic rings. The minimum Gasteiger partial charge on any atom is -0.480 e. The average Bonchev–Trinajstić information content (AvgIpc) is 2.43. The van der Waals surface area contributed by atoms with E-state index < -0.39 is 27.8 Å². The molecular formula is C14H19NO5S. The first-order valence-corrected chi connectivity index (χ1v) is 8.38. The fourth-order valence-corrected chi connectivity index (χ4v) is 2.65. The van der Waals surface area contributed by atoms with Crippen LogP contribution in [0.5, 0.6) is 0 Å². The molecular weight excluding hydrogens is 294 g/mol. The molecule has 0 heterocycles. The molecule has 7 heteroatoms. The van der Waals surface area contributed by atoms with Crippen LogP contribution >= 0.6 is 0 Å². The van der Waals surface area contributed by atoms with Gasteiger partial charge in [-0.15, -0.1) is 0 Å². The Hall–Kier alpha value is -1.89. The van der Waals surface area contributed by atoms with E-state index in [1.54, 1.807) is 31.2 Å². The van der Waals surface area contributed by atoms with E-state index in [4.69, 9.17) is 5.11 Å². The van der Waals surface area contributed by atoms with Crippen molar-refractivity contribution in [2.75, 3.05) is 11.5 Å². The van der Waals surface area contributed by atoms with Crippen molar-refractivity contribution in [1.82, 2.24) is 5.32 Å². The molecule has 0 fully saturated rings. The molecule has 0 aromatic heterocycles. The molecule has 1 unspecified atom stereocenters. The third kappa shape index (κ3) is 5.18. The van der Waals surface area contributed by atoms with Crippen molar-refractivity contribution in [3.8, 4) is 0 Å². The highest BCUT2D eigenvalue weighted by Gasteiger charge is 2.23. The average molecular weight is 313 g/mol. The first-order chi connectivity index (χ1) is 9.76. The summed E-state index contributed by atoms with van der Waals surface area (Å²) in [5, 5.41) is 11.5. The van der Waals surface area contributed by atoms with E-state index in [0.717, 1.165) is 5.56 Å². The van der Waals surface area contributed by atoms with Crippen LogP contribution in [0, 0.1) is 6.92 Å². The van der Waals surface area contributed by atoms with Crippen molar-refractivity contribution < 1.29 is 23.1 Å². The Morgan fingerprint density at radius 3 is 2.43 bits per heavy atom. The number of aryl methyl sites for hydroxylation is 1. The van der Waals surface area contributed by atoms with Gasteiger partial charge in [-0.05, 0) is 25.0 Å². The second kappa shape index (κ2) is 7.21. The first-order valence-electron chi connectivity index (χ1n) is 6.56. The predicted molar refractivity (Wildman–Crippen MR) is 79.0 cm³/mol. The lowest BCUT2D eigenvalue weighted by atomic mass is 10.1. The third-order valence-electron chi connectivity index (χ3n) is 3.15. The molecule has 0 spiro atoms. The fourth-order valence-electron chi connectivity index (χ4n) is 1.76. The van der Waals surface area contributed by atoms with Gasteiger partial charge in [0.25, 0.3) is 5.91 Å². The SMILES string of the molecule is CCS(=O)(=O)CCC(NC(=O)c1ccccc1C)C(=O)O. The predicted octanol–water partition coefficient (Wildman–Crippen LogP) is 1.00. The highest BCUT2D eigenvalue weighted by molar-refractivity contribution is 7.91. The minimum absolute atomic E-state index is 0.0505. The topological polar surface area (TPSA) is 101 Å². The van der Waals surface area contributed by atoms with Gasteiger partial charge < -0.3 is 10.4 Å². The van der Waals surface area contributed by atoms with Crippen molar-refractivity contribution in [1.29, 1.82) is 0 Å². The molecule has 2 N–H and O–H groups in total. The lowest BCUT2D eigenvalue weighted by Gasteiger charge is -2.15. The van der Waals surface area contributed by atoms with Gasteiger partial charge in [0.15, 0.2) is 0 Å². The summed E-state index contributed by atoms with van der Waals surface area (Å²) in [5.41, 5.74) is 1.10. The van der Waals surface area contributed by atoms with E-state index in [9.17, 15) is 18.0 Å². The number of amides is 1.